The van der Waals surface area contributed by atoms with Crippen molar-refractivity contribution < 1.29 is 4.79 Å². The highest BCUT2D eigenvalue weighted by molar-refractivity contribution is 5.97. The van der Waals surface area contributed by atoms with E-state index in [1.54, 1.807) is 0 Å². The Morgan fingerprint density at radius 2 is 1.70 bits per heavy atom. The first-order valence-electron chi connectivity index (χ1n) is 10.1. The molecular formula is C26H22O. The number of benzene rings is 3. The fourth-order valence-electron chi connectivity index (χ4n) is 5.89. The van der Waals surface area contributed by atoms with Gasteiger partial charge in [0, 0.05) is 6.42 Å². The van der Waals surface area contributed by atoms with Crippen molar-refractivity contribution in [3.05, 3.63) is 83.9 Å². The summed E-state index contributed by atoms with van der Waals surface area (Å²) in [5.41, 5.74) is 4.96. The van der Waals surface area contributed by atoms with Crippen LogP contribution in [0.25, 0.3) is 21.9 Å². The molecule has 2 bridgehead atoms. The van der Waals surface area contributed by atoms with Gasteiger partial charge < -0.3 is 0 Å². The molecule has 1 fully saturated rings. The maximum Gasteiger partial charge on any atom is 0.144 e. The monoisotopic (exact) mass is 350 g/mol. The van der Waals surface area contributed by atoms with Crippen molar-refractivity contribution in [1.29, 1.82) is 0 Å². The molecule has 0 aliphatic heterocycles. The smallest absolute Gasteiger partial charge is 0.144 e. The maximum absolute atomic E-state index is 13.2. The van der Waals surface area contributed by atoms with E-state index in [-0.39, 0.29) is 5.41 Å². The first kappa shape index (κ1) is 15.4. The standard InChI is InChI=1S/C26H22O/c27-25-11-9-21-13-20-8-7-19(18-4-2-1-3-5-18)14-22(20)15-24(21)26(25)16-17-6-10-23(26)12-17/h1-8,10,13-15,17,23H,9,11-12,16H2. The largest absolute Gasteiger partial charge is 0.299 e. The number of carbonyl (C=O) groups is 1. The van der Waals surface area contributed by atoms with Crippen LogP contribution < -0.4 is 0 Å². The van der Waals surface area contributed by atoms with Gasteiger partial charge in [-0.15, -0.1) is 0 Å². The Balaban J connectivity index is 1.56. The molecule has 3 unspecified atom stereocenters. The van der Waals surface area contributed by atoms with Crippen LogP contribution >= 0.6 is 0 Å². The predicted octanol–water partition coefficient (Wildman–Crippen LogP) is 5.86. The van der Waals surface area contributed by atoms with Crippen LogP contribution in [0.3, 0.4) is 0 Å². The van der Waals surface area contributed by atoms with Gasteiger partial charge in [0.1, 0.15) is 5.78 Å². The number of allylic oxidation sites excluding steroid dienone is 2. The van der Waals surface area contributed by atoms with Gasteiger partial charge in [-0.2, -0.15) is 0 Å². The number of aryl methyl sites for hydroxylation is 1. The van der Waals surface area contributed by atoms with Gasteiger partial charge in [0.15, 0.2) is 0 Å². The minimum absolute atomic E-state index is 0.246. The third-order valence-electron chi connectivity index (χ3n) is 7.16. The summed E-state index contributed by atoms with van der Waals surface area (Å²) in [5.74, 6) is 1.48. The fourth-order valence-corrected chi connectivity index (χ4v) is 5.89. The summed E-state index contributed by atoms with van der Waals surface area (Å²) in [4.78, 5) is 13.2. The molecule has 0 saturated heterocycles. The van der Waals surface area contributed by atoms with Gasteiger partial charge in [-0.25, -0.2) is 0 Å². The zero-order chi connectivity index (χ0) is 18.0. The number of hydrogen-bond donors (Lipinski definition) is 0. The van der Waals surface area contributed by atoms with Gasteiger partial charge in [-0.05, 0) is 76.3 Å². The van der Waals surface area contributed by atoms with Crippen LogP contribution in [0.2, 0.25) is 0 Å². The average Bonchev–Trinajstić information content (AvgIpc) is 3.33. The summed E-state index contributed by atoms with van der Waals surface area (Å²) in [6.45, 7) is 0. The molecule has 0 N–H and O–H groups in total. The van der Waals surface area contributed by atoms with Gasteiger partial charge in [0.2, 0.25) is 0 Å². The van der Waals surface area contributed by atoms with E-state index in [4.69, 9.17) is 0 Å². The Labute approximate surface area is 159 Å². The molecule has 3 aliphatic carbocycles. The Kier molecular flexibility index (Phi) is 3.09. The molecule has 0 heterocycles. The van der Waals surface area contributed by atoms with Gasteiger partial charge in [-0.1, -0.05) is 60.7 Å². The van der Waals surface area contributed by atoms with Crippen LogP contribution in [-0.2, 0) is 16.6 Å². The summed E-state index contributed by atoms with van der Waals surface area (Å²) in [6.07, 6.45) is 8.44. The lowest BCUT2D eigenvalue weighted by Crippen LogP contribution is -2.43. The SMILES string of the molecule is O=C1CCc2cc3ccc(-c4ccccc4)cc3cc2C12CC1C=CC2C1. The van der Waals surface area contributed by atoms with Crippen LogP contribution in [0.15, 0.2) is 72.8 Å². The molecular weight excluding hydrogens is 328 g/mol. The predicted molar refractivity (Wildman–Crippen MR) is 110 cm³/mol. The Morgan fingerprint density at radius 1 is 0.815 bits per heavy atom. The quantitative estimate of drug-likeness (QED) is 0.503. The summed E-state index contributed by atoms with van der Waals surface area (Å²) >= 11 is 0. The molecule has 3 aliphatic rings. The Hall–Kier alpha value is -2.67. The van der Waals surface area contributed by atoms with E-state index >= 15 is 0 Å². The van der Waals surface area contributed by atoms with Crippen molar-refractivity contribution in [3.63, 3.8) is 0 Å². The normalized spacial score (nSPS) is 28.2. The number of rotatable bonds is 1. The molecule has 0 amide bonds. The Morgan fingerprint density at radius 3 is 2.48 bits per heavy atom. The zero-order valence-corrected chi connectivity index (χ0v) is 15.3. The van der Waals surface area contributed by atoms with Gasteiger partial charge in [0.05, 0.1) is 5.41 Å². The first-order chi connectivity index (χ1) is 13.2. The van der Waals surface area contributed by atoms with Gasteiger partial charge in [-0.3, -0.25) is 4.79 Å². The van der Waals surface area contributed by atoms with Crippen molar-refractivity contribution in [3.8, 4) is 11.1 Å². The number of Topliss-reactive ketones (excluding diaryl/α,β-unsaturated/α-hetero) is 1. The lowest BCUT2D eigenvalue weighted by atomic mass is 9.62. The molecule has 1 saturated carbocycles. The summed E-state index contributed by atoms with van der Waals surface area (Å²) in [5, 5.41) is 2.55. The molecule has 132 valence electrons. The third-order valence-corrected chi connectivity index (χ3v) is 7.16. The van der Waals surface area contributed by atoms with E-state index in [0.717, 1.165) is 19.3 Å². The van der Waals surface area contributed by atoms with Crippen molar-refractivity contribution >= 4 is 16.6 Å². The molecule has 6 rings (SSSR count). The van der Waals surface area contributed by atoms with Crippen molar-refractivity contribution in [2.75, 3.05) is 0 Å². The molecule has 3 atom stereocenters. The van der Waals surface area contributed by atoms with Gasteiger partial charge >= 0.3 is 0 Å². The van der Waals surface area contributed by atoms with E-state index in [1.165, 1.54) is 33.0 Å². The summed E-state index contributed by atoms with van der Waals surface area (Å²) in [7, 11) is 0. The Bertz CT molecular complexity index is 1110. The minimum Gasteiger partial charge on any atom is -0.299 e. The van der Waals surface area contributed by atoms with E-state index in [9.17, 15) is 4.79 Å². The molecule has 3 aromatic rings. The van der Waals surface area contributed by atoms with Crippen molar-refractivity contribution in [1.82, 2.24) is 0 Å². The third kappa shape index (κ3) is 2.09. The number of hydrogen-bond acceptors (Lipinski definition) is 1. The number of ketones is 1. The molecule has 1 nitrogen and oxygen atoms in total. The second kappa shape index (κ2) is 5.42. The van der Waals surface area contributed by atoms with E-state index in [1.807, 2.05) is 0 Å². The van der Waals surface area contributed by atoms with E-state index < -0.39 is 0 Å². The lowest BCUT2D eigenvalue weighted by molar-refractivity contribution is -0.126. The topological polar surface area (TPSA) is 17.1 Å². The van der Waals surface area contributed by atoms with Crippen LogP contribution in [0.4, 0.5) is 0 Å². The zero-order valence-electron chi connectivity index (χ0n) is 15.3. The maximum atomic E-state index is 13.2. The highest BCUT2D eigenvalue weighted by Gasteiger charge is 2.55. The molecule has 1 heteroatoms. The van der Waals surface area contributed by atoms with Crippen LogP contribution in [0.5, 0.6) is 0 Å². The molecule has 0 aromatic heterocycles. The average molecular weight is 350 g/mol. The molecule has 0 radical (unpaired) electrons. The van der Waals surface area contributed by atoms with Crippen LogP contribution in [0.1, 0.15) is 30.4 Å². The summed E-state index contributed by atoms with van der Waals surface area (Å²) < 4.78 is 0. The summed E-state index contributed by atoms with van der Waals surface area (Å²) in [6, 6.07) is 22.0. The van der Waals surface area contributed by atoms with E-state index in [2.05, 4.69) is 72.8 Å². The number of fused-ring (bicyclic) bond motifs is 6. The number of carbonyl (C=O) groups excluding carboxylic acids is 1. The fraction of sp³-hybridized carbons (Fsp3) is 0.269. The lowest BCUT2D eigenvalue weighted by Gasteiger charge is -2.39. The van der Waals surface area contributed by atoms with Crippen LogP contribution in [0, 0.1) is 11.8 Å². The van der Waals surface area contributed by atoms with Crippen LogP contribution in [-0.4, -0.2) is 5.78 Å². The second-order valence-corrected chi connectivity index (χ2v) is 8.52. The van der Waals surface area contributed by atoms with E-state index in [0.29, 0.717) is 24.0 Å². The minimum atomic E-state index is -0.246. The molecule has 3 aromatic carbocycles. The molecule has 1 spiro atoms. The molecule has 27 heavy (non-hydrogen) atoms. The van der Waals surface area contributed by atoms with Crippen molar-refractivity contribution in [2.24, 2.45) is 11.8 Å². The second-order valence-electron chi connectivity index (χ2n) is 8.52. The van der Waals surface area contributed by atoms with Crippen molar-refractivity contribution in [2.45, 2.75) is 31.1 Å². The highest BCUT2D eigenvalue weighted by Crippen LogP contribution is 2.57. The van der Waals surface area contributed by atoms with Gasteiger partial charge in [0.25, 0.3) is 0 Å². The highest BCUT2D eigenvalue weighted by atomic mass is 16.1. The first-order valence-corrected chi connectivity index (χ1v) is 10.1.